The maximum Gasteiger partial charge on any atom is 0.259 e. The third-order valence-electron chi connectivity index (χ3n) is 2.61. The molecule has 6 heteroatoms. The second-order valence-corrected chi connectivity index (χ2v) is 4.63. The van der Waals surface area contributed by atoms with Gasteiger partial charge in [-0.2, -0.15) is 5.10 Å². The number of phenolic OH excluding ortho intramolecular Hbond substituents is 1. The van der Waals surface area contributed by atoms with Crippen LogP contribution in [0.25, 0.3) is 0 Å². The summed E-state index contributed by atoms with van der Waals surface area (Å²) in [4.78, 5) is 11.6. The first-order chi connectivity index (χ1) is 10.1. The van der Waals surface area contributed by atoms with Crippen LogP contribution in [0.1, 0.15) is 5.56 Å². The fourth-order valence-corrected chi connectivity index (χ4v) is 1.76. The zero-order chi connectivity index (χ0) is 15.1. The van der Waals surface area contributed by atoms with Crippen LogP contribution in [0, 0.1) is 0 Å². The number of nitrogens with one attached hydrogen (secondary N) is 2. The zero-order valence-electron chi connectivity index (χ0n) is 11.1. The number of phenols is 1. The van der Waals surface area contributed by atoms with E-state index in [1.165, 1.54) is 6.21 Å². The summed E-state index contributed by atoms with van der Waals surface area (Å²) in [5.74, 6) is -0.106. The van der Waals surface area contributed by atoms with Gasteiger partial charge in [-0.15, -0.1) is 0 Å². The molecule has 2 aromatic carbocycles. The highest BCUT2D eigenvalue weighted by Gasteiger charge is 2.01. The molecule has 0 aromatic heterocycles. The van der Waals surface area contributed by atoms with Crippen molar-refractivity contribution in [3.05, 3.63) is 59.1 Å². The second-order valence-electron chi connectivity index (χ2n) is 4.22. The van der Waals surface area contributed by atoms with Crippen molar-refractivity contribution in [1.29, 1.82) is 0 Å². The fraction of sp³-hybridized carbons (Fsp3) is 0.0667. The molecule has 0 aliphatic rings. The molecule has 2 rings (SSSR count). The maximum atomic E-state index is 11.6. The normalized spacial score (nSPS) is 10.5. The van der Waals surface area contributed by atoms with Crippen molar-refractivity contribution in [3.63, 3.8) is 0 Å². The van der Waals surface area contributed by atoms with E-state index in [0.29, 0.717) is 10.7 Å². The number of rotatable bonds is 5. The van der Waals surface area contributed by atoms with Crippen LogP contribution >= 0.6 is 11.6 Å². The van der Waals surface area contributed by atoms with E-state index >= 15 is 0 Å². The molecule has 3 N–H and O–H groups in total. The van der Waals surface area contributed by atoms with Gasteiger partial charge in [0.2, 0.25) is 0 Å². The molecule has 0 saturated carbocycles. The van der Waals surface area contributed by atoms with Gasteiger partial charge in [-0.25, -0.2) is 5.43 Å². The second kappa shape index (κ2) is 7.31. The molecule has 108 valence electrons. The van der Waals surface area contributed by atoms with Crippen molar-refractivity contribution in [2.45, 2.75) is 0 Å². The Kier molecular flexibility index (Phi) is 5.17. The minimum atomic E-state index is -0.287. The van der Waals surface area contributed by atoms with Gasteiger partial charge in [0.25, 0.3) is 5.91 Å². The van der Waals surface area contributed by atoms with Crippen LogP contribution in [0.15, 0.2) is 53.6 Å². The van der Waals surface area contributed by atoms with E-state index in [1.807, 2.05) is 12.1 Å². The monoisotopic (exact) mass is 303 g/mol. The molecule has 0 spiro atoms. The number of anilines is 1. The van der Waals surface area contributed by atoms with Gasteiger partial charge in [0, 0.05) is 0 Å². The highest BCUT2D eigenvalue weighted by molar-refractivity contribution is 6.33. The lowest BCUT2D eigenvalue weighted by molar-refractivity contribution is -0.119. The third-order valence-corrected chi connectivity index (χ3v) is 2.94. The highest BCUT2D eigenvalue weighted by Crippen LogP contribution is 2.19. The molecular formula is C15H14ClN3O2. The van der Waals surface area contributed by atoms with E-state index in [2.05, 4.69) is 15.8 Å². The highest BCUT2D eigenvalue weighted by atomic mass is 35.5. The quantitative estimate of drug-likeness (QED) is 0.587. The van der Waals surface area contributed by atoms with Gasteiger partial charge in [-0.1, -0.05) is 23.7 Å². The number of nitrogens with zero attached hydrogens (tertiary/aromatic N) is 1. The largest absolute Gasteiger partial charge is 0.508 e. The molecule has 0 unspecified atom stereocenters. The number of carbonyl (C=O) groups is 1. The summed E-state index contributed by atoms with van der Waals surface area (Å²) in [6.07, 6.45) is 1.49. The van der Waals surface area contributed by atoms with Gasteiger partial charge in [0.1, 0.15) is 5.75 Å². The van der Waals surface area contributed by atoms with Crippen molar-refractivity contribution in [2.75, 3.05) is 11.9 Å². The standard InChI is InChI=1S/C15H14ClN3O2/c16-13-3-1-2-4-14(13)17-10-15(21)19-18-9-11-5-7-12(20)8-6-11/h1-9,17,20H,10H2,(H,19,21)/b18-9-. The Balaban J connectivity index is 1.80. The molecule has 0 heterocycles. The number of hydrazone groups is 1. The lowest BCUT2D eigenvalue weighted by Gasteiger charge is -2.06. The lowest BCUT2D eigenvalue weighted by Crippen LogP contribution is -2.25. The third kappa shape index (κ3) is 4.81. The Morgan fingerprint density at radius 3 is 2.62 bits per heavy atom. The van der Waals surface area contributed by atoms with Crippen molar-refractivity contribution < 1.29 is 9.90 Å². The van der Waals surface area contributed by atoms with Gasteiger partial charge < -0.3 is 10.4 Å². The van der Waals surface area contributed by atoms with Crippen molar-refractivity contribution >= 4 is 29.4 Å². The van der Waals surface area contributed by atoms with Crippen LogP contribution in [0.2, 0.25) is 5.02 Å². The number of para-hydroxylation sites is 1. The zero-order valence-corrected chi connectivity index (χ0v) is 11.8. The van der Waals surface area contributed by atoms with E-state index in [9.17, 15) is 4.79 Å². The maximum absolute atomic E-state index is 11.6. The molecule has 0 aliphatic heterocycles. The number of benzene rings is 2. The fourth-order valence-electron chi connectivity index (χ4n) is 1.56. The number of amides is 1. The van der Waals surface area contributed by atoms with E-state index in [0.717, 1.165) is 5.56 Å². The van der Waals surface area contributed by atoms with Gasteiger partial charge >= 0.3 is 0 Å². The first-order valence-corrected chi connectivity index (χ1v) is 6.62. The molecular weight excluding hydrogens is 290 g/mol. The molecule has 0 saturated heterocycles. The summed E-state index contributed by atoms with van der Waals surface area (Å²) < 4.78 is 0. The number of carbonyl (C=O) groups excluding carboxylic acids is 1. The van der Waals surface area contributed by atoms with Crippen molar-refractivity contribution in [1.82, 2.24) is 5.43 Å². The first-order valence-electron chi connectivity index (χ1n) is 6.24. The summed E-state index contributed by atoms with van der Waals surface area (Å²) in [5, 5.41) is 16.4. The molecule has 0 radical (unpaired) electrons. The van der Waals surface area contributed by atoms with Crippen molar-refractivity contribution in [2.24, 2.45) is 5.10 Å². The van der Waals surface area contributed by atoms with Crippen molar-refractivity contribution in [3.8, 4) is 5.75 Å². The Bertz CT molecular complexity index is 642. The van der Waals surface area contributed by atoms with Crippen LogP contribution in [0.5, 0.6) is 5.75 Å². The van der Waals surface area contributed by atoms with Crippen LogP contribution in [0.4, 0.5) is 5.69 Å². The summed E-state index contributed by atoms with van der Waals surface area (Å²) in [7, 11) is 0. The molecule has 5 nitrogen and oxygen atoms in total. The Morgan fingerprint density at radius 2 is 1.90 bits per heavy atom. The summed E-state index contributed by atoms with van der Waals surface area (Å²) in [6, 6.07) is 13.6. The molecule has 21 heavy (non-hydrogen) atoms. The average Bonchev–Trinajstić information content (AvgIpc) is 2.48. The molecule has 0 aliphatic carbocycles. The Morgan fingerprint density at radius 1 is 1.19 bits per heavy atom. The van der Waals surface area contributed by atoms with Gasteiger partial charge in [0.15, 0.2) is 0 Å². The van der Waals surface area contributed by atoms with Crippen LogP contribution < -0.4 is 10.7 Å². The topological polar surface area (TPSA) is 73.7 Å². The summed E-state index contributed by atoms with van der Waals surface area (Å²) in [6.45, 7) is 0.0661. The SMILES string of the molecule is O=C(CNc1ccccc1Cl)N/N=C\c1ccc(O)cc1. The predicted molar refractivity (Wildman–Crippen MR) is 83.8 cm³/mol. The van der Waals surface area contributed by atoms with Gasteiger partial charge in [-0.05, 0) is 42.0 Å². The lowest BCUT2D eigenvalue weighted by atomic mass is 10.2. The van der Waals surface area contributed by atoms with E-state index in [1.54, 1.807) is 36.4 Å². The average molecular weight is 304 g/mol. The molecule has 0 atom stereocenters. The number of aromatic hydroxyl groups is 1. The molecule has 2 aromatic rings. The van der Waals surface area contributed by atoms with Crippen LogP contribution in [-0.4, -0.2) is 23.8 Å². The first kappa shape index (κ1) is 14.9. The number of halogens is 1. The molecule has 1 amide bonds. The van der Waals surface area contributed by atoms with Crippen LogP contribution in [-0.2, 0) is 4.79 Å². The Labute approximate surface area is 127 Å². The summed E-state index contributed by atoms with van der Waals surface area (Å²) in [5.41, 5.74) is 3.86. The predicted octanol–water partition coefficient (Wildman–Crippen LogP) is 2.61. The Hall–Kier alpha value is -2.53. The number of hydrogen-bond acceptors (Lipinski definition) is 4. The molecule has 0 fully saturated rings. The van der Waals surface area contributed by atoms with E-state index < -0.39 is 0 Å². The van der Waals surface area contributed by atoms with Crippen LogP contribution in [0.3, 0.4) is 0 Å². The smallest absolute Gasteiger partial charge is 0.259 e. The summed E-state index contributed by atoms with van der Waals surface area (Å²) >= 11 is 5.96. The van der Waals surface area contributed by atoms with E-state index in [-0.39, 0.29) is 18.2 Å². The molecule has 0 bridgehead atoms. The van der Waals surface area contributed by atoms with E-state index in [4.69, 9.17) is 16.7 Å². The minimum absolute atomic E-state index is 0.0661. The number of hydrogen-bond donors (Lipinski definition) is 3. The van der Waals surface area contributed by atoms with Gasteiger partial charge in [0.05, 0.1) is 23.5 Å². The van der Waals surface area contributed by atoms with Gasteiger partial charge in [-0.3, -0.25) is 4.79 Å². The minimum Gasteiger partial charge on any atom is -0.508 e.